The van der Waals surface area contributed by atoms with Crippen LogP contribution >= 0.6 is 23.2 Å². The second-order valence-electron chi connectivity index (χ2n) is 14.5. The van der Waals surface area contributed by atoms with Crippen LogP contribution in [0.2, 0.25) is 10.0 Å². The Labute approximate surface area is 281 Å². The molecule has 2 aromatic rings. The Morgan fingerprint density at radius 1 is 0.978 bits per heavy atom. The molecular weight excluding hydrogens is 627 g/mol. The molecule has 46 heavy (non-hydrogen) atoms. The molecule has 3 amide bonds. The molecule has 1 atom stereocenters. The third-order valence-electron chi connectivity index (χ3n) is 8.48. The standard InChI is InChI=1S/C35H44Cl2N4O5/c1-33(2,3)13-11-27(22-7-9-23(10-8-22)30(44)38-16-12-28(42)43)41-31(45)29(24-19-25(36)21-26(37)20-24)39-35(41)14-17-40(18-15-35)32(46)34(4,5)6/h7-10,19-21,27H,11-18H2,1-6H3,(H,38,44)(H,42,43). The van der Waals surface area contributed by atoms with Gasteiger partial charge in [0, 0.05) is 59.1 Å². The van der Waals surface area contributed by atoms with Crippen molar-refractivity contribution in [2.24, 2.45) is 15.8 Å². The molecule has 2 aromatic carbocycles. The molecule has 4 rings (SSSR count). The highest BCUT2D eigenvalue weighted by Crippen LogP contribution is 2.45. The number of halogens is 2. The number of aliphatic carboxylic acids is 1. The molecule has 11 heteroatoms. The summed E-state index contributed by atoms with van der Waals surface area (Å²) in [6.07, 6.45) is 2.21. The van der Waals surface area contributed by atoms with Crippen molar-refractivity contribution in [3.63, 3.8) is 0 Å². The summed E-state index contributed by atoms with van der Waals surface area (Å²) in [5.74, 6) is -1.53. The van der Waals surface area contributed by atoms with Crippen LogP contribution in [0, 0.1) is 10.8 Å². The average Bonchev–Trinajstić information content (AvgIpc) is 3.23. The smallest absolute Gasteiger partial charge is 0.305 e. The zero-order valence-corrected chi connectivity index (χ0v) is 29.0. The highest BCUT2D eigenvalue weighted by molar-refractivity contribution is 6.47. The molecule has 0 aliphatic carbocycles. The molecular formula is C35H44Cl2N4O5. The van der Waals surface area contributed by atoms with Crippen LogP contribution in [0.4, 0.5) is 0 Å². The summed E-state index contributed by atoms with van der Waals surface area (Å²) in [6, 6.07) is 11.7. The minimum atomic E-state index is -0.989. The van der Waals surface area contributed by atoms with E-state index in [0.29, 0.717) is 53.5 Å². The average molecular weight is 672 g/mol. The van der Waals surface area contributed by atoms with Gasteiger partial charge in [-0.2, -0.15) is 0 Å². The summed E-state index contributed by atoms with van der Waals surface area (Å²) in [6.45, 7) is 13.1. The molecule has 2 heterocycles. The molecule has 2 aliphatic rings. The van der Waals surface area contributed by atoms with Gasteiger partial charge < -0.3 is 20.2 Å². The largest absolute Gasteiger partial charge is 0.481 e. The van der Waals surface area contributed by atoms with Crippen molar-refractivity contribution in [1.82, 2.24) is 15.1 Å². The van der Waals surface area contributed by atoms with Crippen molar-refractivity contribution in [2.45, 2.75) is 85.4 Å². The number of carbonyl (C=O) groups is 4. The predicted molar refractivity (Wildman–Crippen MR) is 180 cm³/mol. The summed E-state index contributed by atoms with van der Waals surface area (Å²) in [5.41, 5.74) is 0.628. The SMILES string of the molecule is CC(C)(C)CCC(c1ccc(C(=O)NCCC(=O)O)cc1)N1C(=O)C(c2cc(Cl)cc(Cl)c2)=NC12CCN(C(=O)C(C)(C)C)CC2. The van der Waals surface area contributed by atoms with E-state index in [1.807, 2.05) is 42.7 Å². The van der Waals surface area contributed by atoms with Crippen LogP contribution in [0.25, 0.3) is 0 Å². The molecule has 0 saturated carbocycles. The molecule has 248 valence electrons. The number of benzene rings is 2. The van der Waals surface area contributed by atoms with Gasteiger partial charge in [-0.1, -0.05) is 76.9 Å². The number of nitrogens with zero attached hydrogens (tertiary/aromatic N) is 3. The van der Waals surface area contributed by atoms with Crippen LogP contribution in [-0.4, -0.2) is 69.6 Å². The lowest BCUT2D eigenvalue weighted by Crippen LogP contribution is -2.56. The quantitative estimate of drug-likeness (QED) is 0.305. The molecule has 1 fully saturated rings. The van der Waals surface area contributed by atoms with Gasteiger partial charge in [0.1, 0.15) is 11.4 Å². The highest BCUT2D eigenvalue weighted by Gasteiger charge is 2.52. The summed E-state index contributed by atoms with van der Waals surface area (Å²) in [5, 5.41) is 12.3. The topological polar surface area (TPSA) is 119 Å². The Morgan fingerprint density at radius 3 is 2.09 bits per heavy atom. The summed E-state index contributed by atoms with van der Waals surface area (Å²) >= 11 is 12.7. The van der Waals surface area contributed by atoms with E-state index in [-0.39, 0.29) is 47.9 Å². The Balaban J connectivity index is 1.75. The fraction of sp³-hybridized carbons (Fsp3) is 0.514. The predicted octanol–water partition coefficient (Wildman–Crippen LogP) is 6.76. The minimum absolute atomic E-state index is 0.0230. The van der Waals surface area contributed by atoms with Gasteiger partial charge in [-0.05, 0) is 54.2 Å². The molecule has 0 radical (unpaired) electrons. The first-order valence-electron chi connectivity index (χ1n) is 15.7. The van der Waals surface area contributed by atoms with E-state index in [4.69, 9.17) is 33.3 Å². The van der Waals surface area contributed by atoms with E-state index in [1.165, 1.54) is 0 Å². The van der Waals surface area contributed by atoms with Crippen molar-refractivity contribution in [3.8, 4) is 0 Å². The number of nitrogens with one attached hydrogen (secondary N) is 1. The Hall–Kier alpha value is -3.43. The molecule has 0 aromatic heterocycles. The number of carboxylic acids is 1. The first kappa shape index (κ1) is 35.4. The fourth-order valence-corrected chi connectivity index (χ4v) is 6.60. The molecule has 1 spiro atoms. The third kappa shape index (κ3) is 8.28. The summed E-state index contributed by atoms with van der Waals surface area (Å²) < 4.78 is 0. The number of piperidine rings is 1. The van der Waals surface area contributed by atoms with E-state index in [1.54, 1.807) is 30.3 Å². The number of rotatable bonds is 9. The zero-order valence-electron chi connectivity index (χ0n) is 27.5. The van der Waals surface area contributed by atoms with Crippen LogP contribution < -0.4 is 5.32 Å². The van der Waals surface area contributed by atoms with Crippen molar-refractivity contribution < 1.29 is 24.3 Å². The second-order valence-corrected chi connectivity index (χ2v) is 15.3. The molecule has 0 bridgehead atoms. The van der Waals surface area contributed by atoms with Gasteiger partial charge in [0.25, 0.3) is 11.8 Å². The van der Waals surface area contributed by atoms with Crippen LogP contribution in [0.1, 0.15) is 101 Å². The number of hydrogen-bond donors (Lipinski definition) is 2. The van der Waals surface area contributed by atoms with E-state index >= 15 is 0 Å². The lowest BCUT2D eigenvalue weighted by molar-refractivity contribution is -0.144. The number of aliphatic imine (C=N–C) groups is 1. The Morgan fingerprint density at radius 2 is 1.57 bits per heavy atom. The highest BCUT2D eigenvalue weighted by atomic mass is 35.5. The molecule has 9 nitrogen and oxygen atoms in total. The third-order valence-corrected chi connectivity index (χ3v) is 8.92. The van der Waals surface area contributed by atoms with Crippen LogP contribution in [-0.2, 0) is 14.4 Å². The minimum Gasteiger partial charge on any atom is -0.481 e. The Bertz CT molecular complexity index is 1500. The second kappa shape index (κ2) is 13.7. The van der Waals surface area contributed by atoms with Crippen LogP contribution in [0.3, 0.4) is 0 Å². The lowest BCUT2D eigenvalue weighted by Gasteiger charge is -2.47. The van der Waals surface area contributed by atoms with Gasteiger partial charge >= 0.3 is 5.97 Å². The van der Waals surface area contributed by atoms with Crippen LogP contribution in [0.5, 0.6) is 0 Å². The first-order valence-corrected chi connectivity index (χ1v) is 16.5. The van der Waals surface area contributed by atoms with Gasteiger partial charge in [0.2, 0.25) is 5.91 Å². The van der Waals surface area contributed by atoms with Crippen molar-refractivity contribution in [1.29, 1.82) is 0 Å². The number of hydrogen-bond acceptors (Lipinski definition) is 5. The number of carbonyl (C=O) groups excluding carboxylic acids is 3. The van der Waals surface area contributed by atoms with Crippen molar-refractivity contribution in [2.75, 3.05) is 19.6 Å². The van der Waals surface area contributed by atoms with Crippen LogP contribution in [0.15, 0.2) is 47.5 Å². The van der Waals surface area contributed by atoms with Gasteiger partial charge in [-0.25, -0.2) is 0 Å². The van der Waals surface area contributed by atoms with Crippen molar-refractivity contribution in [3.05, 3.63) is 69.2 Å². The number of likely N-dealkylation sites (tertiary alicyclic amines) is 1. The first-order chi connectivity index (χ1) is 21.4. The summed E-state index contributed by atoms with van der Waals surface area (Å²) in [7, 11) is 0. The van der Waals surface area contributed by atoms with Crippen molar-refractivity contribution >= 4 is 52.6 Å². The molecule has 2 N–H and O–H groups in total. The number of carboxylic acid groups (broad SMARTS) is 1. The van der Waals surface area contributed by atoms with E-state index < -0.39 is 17.0 Å². The molecule has 1 saturated heterocycles. The maximum absolute atomic E-state index is 14.6. The Kier molecular flexibility index (Phi) is 10.6. The fourth-order valence-electron chi connectivity index (χ4n) is 6.07. The normalized spacial score (nSPS) is 17.2. The van der Waals surface area contributed by atoms with Gasteiger partial charge in [-0.15, -0.1) is 0 Å². The zero-order chi connectivity index (χ0) is 34.0. The maximum Gasteiger partial charge on any atom is 0.305 e. The van der Waals surface area contributed by atoms with Gasteiger partial charge in [0.15, 0.2) is 0 Å². The maximum atomic E-state index is 14.6. The lowest BCUT2D eigenvalue weighted by atomic mass is 9.84. The number of amides is 3. The van der Waals surface area contributed by atoms with E-state index in [9.17, 15) is 19.2 Å². The molecule has 1 unspecified atom stereocenters. The van der Waals surface area contributed by atoms with Gasteiger partial charge in [0.05, 0.1) is 12.5 Å². The monoisotopic (exact) mass is 670 g/mol. The van der Waals surface area contributed by atoms with E-state index in [0.717, 1.165) is 12.0 Å². The summed E-state index contributed by atoms with van der Waals surface area (Å²) in [4.78, 5) is 60.2. The van der Waals surface area contributed by atoms with Gasteiger partial charge in [-0.3, -0.25) is 24.2 Å². The molecule has 2 aliphatic heterocycles. The van der Waals surface area contributed by atoms with E-state index in [2.05, 4.69) is 26.1 Å².